The predicted molar refractivity (Wildman–Crippen MR) is 78.8 cm³/mol. The quantitative estimate of drug-likeness (QED) is 0.691. The molecule has 0 N–H and O–H groups in total. The van der Waals surface area contributed by atoms with Crippen molar-refractivity contribution in [3.63, 3.8) is 0 Å². The van der Waals surface area contributed by atoms with Gasteiger partial charge in [0.1, 0.15) is 12.3 Å². The molecule has 1 aromatic carbocycles. The van der Waals surface area contributed by atoms with Crippen LogP contribution in [0.1, 0.15) is 15.2 Å². The standard InChI is InChI=1S/C14H10N2O2S2/c17-14(18-9-10-5-2-1-3-6-10)13-12(15-16-20-13)11-7-4-8-19-11/h1-8H,9H2. The maximum atomic E-state index is 12.1. The van der Waals surface area contributed by atoms with E-state index in [4.69, 9.17) is 4.74 Å². The minimum Gasteiger partial charge on any atom is -0.457 e. The number of benzene rings is 1. The van der Waals surface area contributed by atoms with Crippen LogP contribution in [-0.2, 0) is 11.3 Å². The van der Waals surface area contributed by atoms with Crippen molar-refractivity contribution >= 4 is 28.8 Å². The summed E-state index contributed by atoms with van der Waals surface area (Å²) in [6, 6.07) is 13.4. The Hall–Kier alpha value is -2.05. The Morgan fingerprint density at radius 1 is 1.15 bits per heavy atom. The number of thiophene rings is 1. The Labute approximate surface area is 123 Å². The van der Waals surface area contributed by atoms with Crippen LogP contribution >= 0.6 is 22.9 Å². The molecule has 100 valence electrons. The van der Waals surface area contributed by atoms with Gasteiger partial charge in [-0.3, -0.25) is 0 Å². The highest BCUT2D eigenvalue weighted by molar-refractivity contribution is 7.14. The number of esters is 1. The highest BCUT2D eigenvalue weighted by atomic mass is 32.1. The SMILES string of the molecule is O=C(OCc1ccccc1)c1snnc1-c1cccs1. The molecule has 2 aromatic heterocycles. The molecule has 0 unspecified atom stereocenters. The van der Waals surface area contributed by atoms with Gasteiger partial charge in [0.15, 0.2) is 4.88 Å². The van der Waals surface area contributed by atoms with Crippen molar-refractivity contribution in [2.24, 2.45) is 0 Å². The molecule has 0 aliphatic rings. The molecule has 6 heteroatoms. The number of nitrogens with zero attached hydrogens (tertiary/aromatic N) is 2. The van der Waals surface area contributed by atoms with E-state index in [-0.39, 0.29) is 12.6 Å². The van der Waals surface area contributed by atoms with Gasteiger partial charge in [-0.05, 0) is 28.5 Å². The van der Waals surface area contributed by atoms with E-state index < -0.39 is 0 Å². The van der Waals surface area contributed by atoms with Gasteiger partial charge in [-0.25, -0.2) is 4.79 Å². The Morgan fingerprint density at radius 3 is 2.75 bits per heavy atom. The van der Waals surface area contributed by atoms with Crippen molar-refractivity contribution in [2.75, 3.05) is 0 Å². The Morgan fingerprint density at radius 2 is 2.00 bits per heavy atom. The molecule has 0 fully saturated rings. The lowest BCUT2D eigenvalue weighted by Crippen LogP contribution is -2.04. The number of rotatable bonds is 4. The van der Waals surface area contributed by atoms with Gasteiger partial charge < -0.3 is 4.74 Å². The average molecular weight is 302 g/mol. The van der Waals surface area contributed by atoms with Crippen LogP contribution < -0.4 is 0 Å². The number of ether oxygens (including phenoxy) is 1. The van der Waals surface area contributed by atoms with Crippen LogP contribution in [0.3, 0.4) is 0 Å². The zero-order valence-electron chi connectivity index (χ0n) is 10.4. The van der Waals surface area contributed by atoms with Crippen LogP contribution in [0, 0.1) is 0 Å². The van der Waals surface area contributed by atoms with Crippen molar-refractivity contribution in [3.8, 4) is 10.6 Å². The van der Waals surface area contributed by atoms with Crippen LogP contribution in [0.25, 0.3) is 10.6 Å². The molecule has 0 aliphatic heterocycles. The first-order chi connectivity index (χ1) is 9.84. The van der Waals surface area contributed by atoms with E-state index in [1.54, 1.807) is 0 Å². The van der Waals surface area contributed by atoms with E-state index in [9.17, 15) is 4.79 Å². The minimum atomic E-state index is -0.382. The fraction of sp³-hybridized carbons (Fsp3) is 0.0714. The second kappa shape index (κ2) is 5.94. The summed E-state index contributed by atoms with van der Waals surface area (Å²) < 4.78 is 9.16. The summed E-state index contributed by atoms with van der Waals surface area (Å²) in [6.07, 6.45) is 0. The van der Waals surface area contributed by atoms with Gasteiger partial charge >= 0.3 is 5.97 Å². The van der Waals surface area contributed by atoms with Crippen LogP contribution in [-0.4, -0.2) is 15.6 Å². The zero-order valence-corrected chi connectivity index (χ0v) is 12.0. The lowest BCUT2D eigenvalue weighted by Gasteiger charge is -2.03. The lowest BCUT2D eigenvalue weighted by molar-refractivity contribution is 0.0479. The number of carbonyl (C=O) groups excluding carboxylic acids is 1. The second-order valence-corrected chi connectivity index (χ2v) is 5.69. The van der Waals surface area contributed by atoms with Crippen LogP contribution in [0.15, 0.2) is 47.8 Å². The summed E-state index contributed by atoms with van der Waals surface area (Å²) in [5.41, 5.74) is 1.55. The van der Waals surface area contributed by atoms with E-state index >= 15 is 0 Å². The molecule has 20 heavy (non-hydrogen) atoms. The highest BCUT2D eigenvalue weighted by Crippen LogP contribution is 2.28. The van der Waals surface area contributed by atoms with Crippen molar-refractivity contribution in [1.82, 2.24) is 9.59 Å². The van der Waals surface area contributed by atoms with Crippen molar-refractivity contribution < 1.29 is 9.53 Å². The normalized spacial score (nSPS) is 10.4. The summed E-state index contributed by atoms with van der Waals surface area (Å²) in [6.45, 7) is 0.251. The summed E-state index contributed by atoms with van der Waals surface area (Å²) >= 11 is 2.59. The van der Waals surface area contributed by atoms with Gasteiger partial charge in [-0.1, -0.05) is 40.9 Å². The Bertz CT molecular complexity index is 693. The van der Waals surface area contributed by atoms with Gasteiger partial charge in [0.25, 0.3) is 0 Å². The van der Waals surface area contributed by atoms with Crippen molar-refractivity contribution in [3.05, 3.63) is 58.3 Å². The smallest absolute Gasteiger partial charge is 0.352 e. The average Bonchev–Trinajstić information content (AvgIpc) is 3.15. The zero-order chi connectivity index (χ0) is 13.8. The molecule has 0 bridgehead atoms. The molecule has 0 spiro atoms. The van der Waals surface area contributed by atoms with Crippen molar-refractivity contribution in [1.29, 1.82) is 0 Å². The highest BCUT2D eigenvalue weighted by Gasteiger charge is 2.19. The van der Waals surface area contributed by atoms with Crippen LogP contribution in [0.2, 0.25) is 0 Å². The van der Waals surface area contributed by atoms with Gasteiger partial charge in [0.2, 0.25) is 0 Å². The molecule has 0 atom stereocenters. The maximum Gasteiger partial charge on any atom is 0.352 e. The molecule has 3 aromatic rings. The summed E-state index contributed by atoms with van der Waals surface area (Å²) in [5, 5.41) is 5.95. The first-order valence-electron chi connectivity index (χ1n) is 5.92. The molecule has 3 rings (SSSR count). The lowest BCUT2D eigenvalue weighted by atomic mass is 10.2. The number of hydrogen-bond acceptors (Lipinski definition) is 6. The maximum absolute atomic E-state index is 12.1. The molecule has 0 saturated carbocycles. The third-order valence-electron chi connectivity index (χ3n) is 2.64. The van der Waals surface area contributed by atoms with E-state index in [0.29, 0.717) is 10.6 Å². The molecular weight excluding hydrogens is 292 g/mol. The third kappa shape index (κ3) is 2.76. The van der Waals surface area contributed by atoms with Gasteiger partial charge in [-0.15, -0.1) is 16.4 Å². The van der Waals surface area contributed by atoms with Gasteiger partial charge in [0, 0.05) is 0 Å². The largest absolute Gasteiger partial charge is 0.457 e. The molecule has 0 amide bonds. The van der Waals surface area contributed by atoms with Crippen LogP contribution in [0.5, 0.6) is 0 Å². The van der Waals surface area contributed by atoms with E-state index in [2.05, 4.69) is 9.59 Å². The summed E-state index contributed by atoms with van der Waals surface area (Å²) in [5.74, 6) is -0.382. The van der Waals surface area contributed by atoms with E-state index in [0.717, 1.165) is 22.0 Å². The summed E-state index contributed by atoms with van der Waals surface area (Å²) in [4.78, 5) is 13.5. The third-order valence-corrected chi connectivity index (χ3v) is 4.22. The molecule has 2 heterocycles. The van der Waals surface area contributed by atoms with Gasteiger partial charge in [0.05, 0.1) is 4.88 Å². The molecule has 0 radical (unpaired) electrons. The van der Waals surface area contributed by atoms with Crippen LogP contribution in [0.4, 0.5) is 0 Å². The first-order valence-corrected chi connectivity index (χ1v) is 7.57. The molecule has 0 aliphatic carbocycles. The monoisotopic (exact) mass is 302 g/mol. The van der Waals surface area contributed by atoms with E-state index in [1.165, 1.54) is 11.3 Å². The molecule has 0 saturated heterocycles. The molecule has 4 nitrogen and oxygen atoms in total. The Balaban J connectivity index is 1.74. The minimum absolute atomic E-state index is 0.251. The predicted octanol–water partition coefficient (Wildman–Crippen LogP) is 3.62. The Kier molecular flexibility index (Phi) is 3.85. The fourth-order valence-corrected chi connectivity index (χ4v) is 3.04. The first kappa shape index (κ1) is 13.0. The van der Waals surface area contributed by atoms with E-state index in [1.807, 2.05) is 47.8 Å². The fourth-order valence-electron chi connectivity index (χ4n) is 1.69. The molecular formula is C14H10N2O2S2. The van der Waals surface area contributed by atoms with Gasteiger partial charge in [-0.2, -0.15) is 0 Å². The van der Waals surface area contributed by atoms with Crippen molar-refractivity contribution in [2.45, 2.75) is 6.61 Å². The number of hydrogen-bond donors (Lipinski definition) is 0. The number of aromatic nitrogens is 2. The second-order valence-electron chi connectivity index (χ2n) is 3.99. The topological polar surface area (TPSA) is 52.1 Å². The number of carbonyl (C=O) groups is 1. The summed E-state index contributed by atoms with van der Waals surface area (Å²) in [7, 11) is 0.